The van der Waals surface area contributed by atoms with Crippen LogP contribution < -0.4 is 0 Å². The predicted octanol–water partition coefficient (Wildman–Crippen LogP) is 3.94. The summed E-state index contributed by atoms with van der Waals surface area (Å²) < 4.78 is 7.13. The van der Waals surface area contributed by atoms with E-state index < -0.39 is 0 Å². The summed E-state index contributed by atoms with van der Waals surface area (Å²) in [6, 6.07) is 14.8. The Bertz CT molecular complexity index is 1090. The minimum absolute atomic E-state index is 0.145. The Hall–Kier alpha value is -3.19. The summed E-state index contributed by atoms with van der Waals surface area (Å²) in [5.74, 6) is 1.15. The van der Waals surface area contributed by atoms with Crippen LogP contribution in [-0.4, -0.2) is 26.2 Å². The van der Waals surface area contributed by atoms with Gasteiger partial charge in [0.15, 0.2) is 5.76 Å². The number of nitrogens with zero attached hydrogens (tertiary/aromatic N) is 3. The summed E-state index contributed by atoms with van der Waals surface area (Å²) >= 11 is 5.22. The number of phenolic OH excluding ortho intramolecular Hbond substituents is 1. The molecule has 0 aliphatic heterocycles. The standard InChI is InChI=1S/C17H12N4O2S/c22-14-8-7-11-4-1-2-5-12(11)13(14)10-18-21-16(19-20-17(21)24)15-6-3-9-23-15/h1-10,22H,(H,20,24). The van der Waals surface area contributed by atoms with Crippen molar-refractivity contribution in [1.82, 2.24) is 14.9 Å². The second-order valence-electron chi connectivity index (χ2n) is 5.11. The van der Waals surface area contributed by atoms with Crippen molar-refractivity contribution < 1.29 is 9.52 Å². The van der Waals surface area contributed by atoms with Crippen LogP contribution in [0, 0.1) is 4.77 Å². The number of phenols is 1. The lowest BCUT2D eigenvalue weighted by atomic mass is 10.0. The van der Waals surface area contributed by atoms with Gasteiger partial charge in [-0.3, -0.25) is 0 Å². The average molecular weight is 336 g/mol. The van der Waals surface area contributed by atoms with Crippen LogP contribution in [0.3, 0.4) is 0 Å². The second-order valence-corrected chi connectivity index (χ2v) is 5.49. The third-order valence-electron chi connectivity index (χ3n) is 3.64. The lowest BCUT2D eigenvalue weighted by molar-refractivity contribution is 0.475. The third kappa shape index (κ3) is 2.40. The molecule has 0 spiro atoms. The molecule has 7 heteroatoms. The summed E-state index contributed by atoms with van der Waals surface area (Å²) in [7, 11) is 0. The van der Waals surface area contributed by atoms with E-state index in [9.17, 15) is 5.11 Å². The molecule has 0 unspecified atom stereocenters. The first kappa shape index (κ1) is 14.4. The molecule has 6 nitrogen and oxygen atoms in total. The molecule has 4 rings (SSSR count). The monoisotopic (exact) mass is 336 g/mol. The van der Waals surface area contributed by atoms with Crippen LogP contribution in [0.4, 0.5) is 0 Å². The van der Waals surface area contributed by atoms with Gasteiger partial charge in [-0.05, 0) is 41.2 Å². The van der Waals surface area contributed by atoms with Crippen molar-refractivity contribution >= 4 is 29.2 Å². The van der Waals surface area contributed by atoms with E-state index in [1.54, 1.807) is 30.7 Å². The molecule has 0 fully saturated rings. The van der Waals surface area contributed by atoms with Crippen molar-refractivity contribution in [2.75, 3.05) is 0 Å². The number of fused-ring (bicyclic) bond motifs is 1. The molecule has 0 saturated carbocycles. The van der Waals surface area contributed by atoms with Crippen LogP contribution in [0.15, 0.2) is 64.3 Å². The SMILES string of the molecule is Oc1ccc2ccccc2c1C=Nn1c(-c2ccco2)n[nH]c1=S. The van der Waals surface area contributed by atoms with Crippen molar-refractivity contribution in [1.29, 1.82) is 0 Å². The predicted molar refractivity (Wildman–Crippen MR) is 93.7 cm³/mol. The molecule has 0 aliphatic carbocycles. The van der Waals surface area contributed by atoms with E-state index in [4.69, 9.17) is 16.6 Å². The van der Waals surface area contributed by atoms with Gasteiger partial charge in [0.05, 0.1) is 12.5 Å². The van der Waals surface area contributed by atoms with E-state index in [2.05, 4.69) is 15.3 Å². The summed E-state index contributed by atoms with van der Waals surface area (Å²) in [6.07, 6.45) is 3.12. The highest BCUT2D eigenvalue weighted by molar-refractivity contribution is 7.71. The first-order valence-corrected chi connectivity index (χ1v) is 7.61. The molecular formula is C17H12N4O2S. The molecule has 4 aromatic rings. The third-order valence-corrected chi connectivity index (χ3v) is 3.91. The van der Waals surface area contributed by atoms with Crippen LogP contribution in [-0.2, 0) is 0 Å². The number of aromatic amines is 1. The van der Waals surface area contributed by atoms with E-state index >= 15 is 0 Å². The molecule has 24 heavy (non-hydrogen) atoms. The molecule has 0 radical (unpaired) electrons. The fourth-order valence-corrected chi connectivity index (χ4v) is 2.68. The van der Waals surface area contributed by atoms with Crippen LogP contribution in [0.5, 0.6) is 5.75 Å². The highest BCUT2D eigenvalue weighted by Crippen LogP contribution is 2.26. The average Bonchev–Trinajstić information content (AvgIpc) is 3.24. The van der Waals surface area contributed by atoms with E-state index in [1.165, 1.54) is 4.68 Å². The van der Waals surface area contributed by atoms with Gasteiger partial charge in [0, 0.05) is 5.56 Å². The van der Waals surface area contributed by atoms with Gasteiger partial charge < -0.3 is 9.52 Å². The zero-order chi connectivity index (χ0) is 16.5. The number of aromatic nitrogens is 3. The van der Waals surface area contributed by atoms with Gasteiger partial charge in [0.25, 0.3) is 0 Å². The molecule has 2 N–H and O–H groups in total. The highest BCUT2D eigenvalue weighted by atomic mass is 32.1. The van der Waals surface area contributed by atoms with Crippen LogP contribution >= 0.6 is 12.2 Å². The number of hydrogen-bond donors (Lipinski definition) is 2. The highest BCUT2D eigenvalue weighted by Gasteiger charge is 2.11. The second kappa shape index (κ2) is 5.78. The maximum atomic E-state index is 10.2. The minimum Gasteiger partial charge on any atom is -0.507 e. The Morgan fingerprint density at radius 3 is 2.88 bits per heavy atom. The number of hydrogen-bond acceptors (Lipinski definition) is 5. The van der Waals surface area contributed by atoms with Crippen molar-refractivity contribution in [3.05, 3.63) is 65.1 Å². The first-order valence-electron chi connectivity index (χ1n) is 7.20. The summed E-state index contributed by atoms with van der Waals surface area (Å²) in [6.45, 7) is 0. The lowest BCUT2D eigenvalue weighted by Gasteiger charge is -2.04. The Balaban J connectivity index is 1.84. The zero-order valence-corrected chi connectivity index (χ0v) is 13.2. The Morgan fingerprint density at radius 2 is 2.04 bits per heavy atom. The van der Waals surface area contributed by atoms with Crippen molar-refractivity contribution in [2.24, 2.45) is 5.10 Å². The Morgan fingerprint density at radius 1 is 1.17 bits per heavy atom. The molecule has 0 aliphatic rings. The van der Waals surface area contributed by atoms with Crippen molar-refractivity contribution in [2.45, 2.75) is 0 Å². The largest absolute Gasteiger partial charge is 0.507 e. The number of furan rings is 1. The van der Waals surface area contributed by atoms with Gasteiger partial charge in [-0.1, -0.05) is 30.3 Å². The molecule has 118 valence electrons. The van der Waals surface area contributed by atoms with Gasteiger partial charge in [0.1, 0.15) is 5.75 Å². The van der Waals surface area contributed by atoms with Gasteiger partial charge in [-0.25, -0.2) is 5.10 Å². The molecular weight excluding hydrogens is 324 g/mol. The van der Waals surface area contributed by atoms with Crippen molar-refractivity contribution in [3.63, 3.8) is 0 Å². The Kier molecular flexibility index (Phi) is 3.47. The summed E-state index contributed by atoms with van der Waals surface area (Å²) in [5, 5.41) is 23.3. The molecule has 2 aromatic heterocycles. The fraction of sp³-hybridized carbons (Fsp3) is 0. The molecule has 0 amide bonds. The Labute approximate surface area is 141 Å². The first-order chi connectivity index (χ1) is 11.7. The lowest BCUT2D eigenvalue weighted by Crippen LogP contribution is -1.95. The number of benzene rings is 2. The number of H-pyrrole nitrogens is 1. The van der Waals surface area contributed by atoms with Crippen LogP contribution in [0.1, 0.15) is 5.56 Å². The fourth-order valence-electron chi connectivity index (χ4n) is 2.50. The van der Waals surface area contributed by atoms with Crippen LogP contribution in [0.25, 0.3) is 22.4 Å². The summed E-state index contributed by atoms with van der Waals surface area (Å²) in [5.41, 5.74) is 0.613. The topological polar surface area (TPSA) is 79.3 Å². The number of aromatic hydroxyl groups is 1. The van der Waals surface area contributed by atoms with Gasteiger partial charge in [-0.15, -0.1) is 5.10 Å². The normalized spacial score (nSPS) is 11.5. The number of nitrogens with one attached hydrogen (secondary N) is 1. The van der Waals surface area contributed by atoms with Gasteiger partial charge in [-0.2, -0.15) is 9.78 Å². The van der Waals surface area contributed by atoms with Crippen LogP contribution in [0.2, 0.25) is 0 Å². The van der Waals surface area contributed by atoms with E-state index in [0.29, 0.717) is 21.9 Å². The smallest absolute Gasteiger partial charge is 0.219 e. The van der Waals surface area contributed by atoms with E-state index in [1.807, 2.05) is 30.3 Å². The maximum Gasteiger partial charge on any atom is 0.219 e. The van der Waals surface area contributed by atoms with E-state index in [-0.39, 0.29) is 5.75 Å². The maximum absolute atomic E-state index is 10.2. The summed E-state index contributed by atoms with van der Waals surface area (Å²) in [4.78, 5) is 0. The van der Waals surface area contributed by atoms with Gasteiger partial charge >= 0.3 is 0 Å². The zero-order valence-electron chi connectivity index (χ0n) is 12.4. The molecule has 2 aromatic carbocycles. The quantitative estimate of drug-likeness (QED) is 0.439. The van der Waals surface area contributed by atoms with Gasteiger partial charge in [0.2, 0.25) is 10.6 Å². The molecule has 0 saturated heterocycles. The minimum atomic E-state index is 0.145. The van der Waals surface area contributed by atoms with E-state index in [0.717, 1.165) is 10.8 Å². The molecule has 0 bridgehead atoms. The van der Waals surface area contributed by atoms with Crippen molar-refractivity contribution in [3.8, 4) is 17.3 Å². The molecule has 0 atom stereocenters. The molecule has 2 heterocycles. The number of rotatable bonds is 3.